The van der Waals surface area contributed by atoms with Crippen molar-refractivity contribution in [3.63, 3.8) is 0 Å². The number of rotatable bonds is 3. The first-order valence-electron chi connectivity index (χ1n) is 5.77. The van der Waals surface area contributed by atoms with E-state index >= 15 is 0 Å². The molecule has 1 N–H and O–H groups in total. The van der Waals surface area contributed by atoms with E-state index in [0.29, 0.717) is 5.57 Å². The lowest BCUT2D eigenvalue weighted by atomic mass is 9.82. The molecule has 1 unspecified atom stereocenters. The van der Waals surface area contributed by atoms with Crippen molar-refractivity contribution in [2.45, 2.75) is 5.92 Å². The van der Waals surface area contributed by atoms with Crippen molar-refractivity contribution >= 4 is 34.6 Å². The molecule has 2 nitrogen and oxygen atoms in total. The van der Waals surface area contributed by atoms with E-state index in [0.717, 1.165) is 20.3 Å². The third-order valence-corrected chi connectivity index (χ3v) is 4.04. The van der Waals surface area contributed by atoms with Crippen LogP contribution in [0.3, 0.4) is 0 Å². The summed E-state index contributed by atoms with van der Waals surface area (Å²) in [4.78, 5) is 11.5. The molecule has 19 heavy (non-hydrogen) atoms. The van der Waals surface area contributed by atoms with Crippen molar-refractivity contribution in [2.75, 3.05) is 0 Å². The summed E-state index contributed by atoms with van der Waals surface area (Å²) in [5.74, 6) is -1.18. The lowest BCUT2D eigenvalue weighted by Crippen LogP contribution is -2.16. The summed E-state index contributed by atoms with van der Waals surface area (Å²) in [7, 11) is 0. The molecule has 3 heteroatoms. The fourth-order valence-corrected chi connectivity index (χ4v) is 2.84. The first kappa shape index (κ1) is 13.8. The second-order valence-corrected chi connectivity index (χ2v) is 5.44. The Kier molecular flexibility index (Phi) is 4.04. The number of hydrogen-bond donors (Lipinski definition) is 1. The van der Waals surface area contributed by atoms with Gasteiger partial charge in [-0.05, 0) is 45.4 Å². The highest BCUT2D eigenvalue weighted by Gasteiger charge is 2.28. The van der Waals surface area contributed by atoms with Gasteiger partial charge in [0.1, 0.15) is 0 Å². The molecular formula is C16H13IO2. The zero-order chi connectivity index (χ0) is 14.0. The summed E-state index contributed by atoms with van der Waals surface area (Å²) in [5, 5.41) is 9.41. The van der Waals surface area contributed by atoms with Crippen molar-refractivity contribution in [1.82, 2.24) is 0 Å². The number of carboxylic acid groups (broad SMARTS) is 1. The second-order valence-electron chi connectivity index (χ2n) is 4.28. The average molecular weight is 364 g/mol. The van der Waals surface area contributed by atoms with Gasteiger partial charge in [-0.3, -0.25) is 0 Å². The lowest BCUT2D eigenvalue weighted by Gasteiger charge is -2.23. The van der Waals surface area contributed by atoms with Gasteiger partial charge < -0.3 is 5.11 Å². The summed E-state index contributed by atoms with van der Waals surface area (Å²) < 4.78 is 0.746. The zero-order valence-electron chi connectivity index (χ0n) is 10.3. The molecule has 96 valence electrons. The van der Waals surface area contributed by atoms with Crippen LogP contribution in [0.5, 0.6) is 0 Å². The third-order valence-electron chi connectivity index (χ3n) is 3.10. The SMILES string of the molecule is C=Cc1ccc(C2C(=C)C=CC(I)=C2C(=O)O)cc1. The predicted octanol–water partition coefficient (Wildman–Crippen LogP) is 4.31. The van der Waals surface area contributed by atoms with E-state index in [2.05, 4.69) is 35.7 Å². The van der Waals surface area contributed by atoms with Crippen LogP contribution >= 0.6 is 22.6 Å². The molecule has 0 amide bonds. The van der Waals surface area contributed by atoms with Crippen LogP contribution < -0.4 is 0 Å². The van der Waals surface area contributed by atoms with Crippen molar-refractivity contribution in [2.24, 2.45) is 0 Å². The van der Waals surface area contributed by atoms with E-state index in [1.165, 1.54) is 0 Å². The Balaban J connectivity index is 2.51. The number of aliphatic carboxylic acids is 1. The highest BCUT2D eigenvalue weighted by molar-refractivity contribution is 14.1. The minimum Gasteiger partial charge on any atom is -0.478 e. The van der Waals surface area contributed by atoms with Crippen LogP contribution in [0.2, 0.25) is 0 Å². The molecule has 0 radical (unpaired) electrons. The lowest BCUT2D eigenvalue weighted by molar-refractivity contribution is -0.132. The van der Waals surface area contributed by atoms with Gasteiger partial charge in [0.25, 0.3) is 0 Å². The van der Waals surface area contributed by atoms with Gasteiger partial charge in [-0.15, -0.1) is 0 Å². The van der Waals surface area contributed by atoms with Gasteiger partial charge in [0, 0.05) is 9.50 Å². The number of allylic oxidation sites excluding steroid dienone is 4. The Morgan fingerprint density at radius 3 is 2.42 bits per heavy atom. The summed E-state index contributed by atoms with van der Waals surface area (Å²) in [6.07, 6.45) is 5.43. The predicted molar refractivity (Wildman–Crippen MR) is 86.2 cm³/mol. The van der Waals surface area contributed by atoms with Gasteiger partial charge in [0.2, 0.25) is 0 Å². The van der Waals surface area contributed by atoms with Crippen LogP contribution in [0.1, 0.15) is 17.0 Å². The average Bonchev–Trinajstić information content (AvgIpc) is 2.41. The molecule has 0 spiro atoms. The fourth-order valence-electron chi connectivity index (χ4n) is 2.12. The Morgan fingerprint density at radius 1 is 1.26 bits per heavy atom. The quantitative estimate of drug-likeness (QED) is 0.812. The van der Waals surface area contributed by atoms with Crippen molar-refractivity contribution < 1.29 is 9.90 Å². The number of carbonyl (C=O) groups is 1. The van der Waals surface area contributed by atoms with Crippen molar-refractivity contribution in [3.8, 4) is 0 Å². The van der Waals surface area contributed by atoms with E-state index in [1.54, 1.807) is 12.2 Å². The molecule has 0 aromatic heterocycles. The van der Waals surface area contributed by atoms with Gasteiger partial charge >= 0.3 is 5.97 Å². The topological polar surface area (TPSA) is 37.3 Å². The first-order chi connectivity index (χ1) is 9.04. The largest absolute Gasteiger partial charge is 0.478 e. The van der Waals surface area contributed by atoms with Crippen LogP contribution in [0.15, 0.2) is 64.3 Å². The maximum absolute atomic E-state index is 11.5. The standard InChI is InChI=1S/C16H13IO2/c1-3-11-5-7-12(8-6-11)14-10(2)4-9-13(17)15(14)16(18)19/h3-9,14H,1-2H2,(H,18,19). The molecule has 1 aromatic carbocycles. The van der Waals surface area contributed by atoms with Crippen LogP contribution in [0.25, 0.3) is 6.08 Å². The molecule has 0 fully saturated rings. The summed E-state index contributed by atoms with van der Waals surface area (Å²) in [5.41, 5.74) is 3.13. The molecule has 0 aliphatic heterocycles. The molecule has 0 heterocycles. The number of halogens is 1. The molecule has 2 rings (SSSR count). The molecule has 1 aliphatic rings. The van der Waals surface area contributed by atoms with Crippen molar-refractivity contribution in [1.29, 1.82) is 0 Å². The van der Waals surface area contributed by atoms with Crippen LogP contribution in [0, 0.1) is 0 Å². The van der Waals surface area contributed by atoms with E-state index in [-0.39, 0.29) is 5.92 Å². The molecule has 0 saturated heterocycles. The fraction of sp³-hybridized carbons (Fsp3) is 0.0625. The van der Waals surface area contributed by atoms with Crippen LogP contribution in [-0.2, 0) is 4.79 Å². The minimum absolute atomic E-state index is 0.284. The Morgan fingerprint density at radius 2 is 1.89 bits per heavy atom. The van der Waals surface area contributed by atoms with Crippen LogP contribution in [0.4, 0.5) is 0 Å². The molecule has 1 aromatic rings. The number of benzene rings is 1. The Hall–Kier alpha value is -1.62. The smallest absolute Gasteiger partial charge is 0.333 e. The van der Waals surface area contributed by atoms with Gasteiger partial charge in [-0.1, -0.05) is 49.6 Å². The van der Waals surface area contributed by atoms with E-state index in [1.807, 2.05) is 30.3 Å². The van der Waals surface area contributed by atoms with Gasteiger partial charge in [0.05, 0.1) is 5.57 Å². The Bertz CT molecular complexity index is 606. The molecule has 1 atom stereocenters. The monoisotopic (exact) mass is 364 g/mol. The molecule has 1 aliphatic carbocycles. The van der Waals surface area contributed by atoms with E-state index < -0.39 is 5.97 Å². The Labute approximate surface area is 126 Å². The summed E-state index contributed by atoms with van der Waals surface area (Å²) >= 11 is 2.05. The first-order valence-corrected chi connectivity index (χ1v) is 6.84. The zero-order valence-corrected chi connectivity index (χ0v) is 12.4. The normalized spacial score (nSPS) is 18.6. The van der Waals surface area contributed by atoms with E-state index in [9.17, 15) is 9.90 Å². The van der Waals surface area contributed by atoms with Crippen LogP contribution in [-0.4, -0.2) is 11.1 Å². The minimum atomic E-state index is -0.896. The maximum atomic E-state index is 11.5. The number of hydrogen-bond acceptors (Lipinski definition) is 1. The van der Waals surface area contributed by atoms with Gasteiger partial charge in [0.15, 0.2) is 0 Å². The summed E-state index contributed by atoms with van der Waals surface area (Å²) in [6.45, 7) is 7.68. The maximum Gasteiger partial charge on any atom is 0.333 e. The van der Waals surface area contributed by atoms with Gasteiger partial charge in [-0.25, -0.2) is 4.79 Å². The molecular weight excluding hydrogens is 351 g/mol. The highest BCUT2D eigenvalue weighted by atomic mass is 127. The third kappa shape index (κ3) is 2.71. The second kappa shape index (κ2) is 5.57. The highest BCUT2D eigenvalue weighted by Crippen LogP contribution is 2.39. The van der Waals surface area contributed by atoms with Gasteiger partial charge in [-0.2, -0.15) is 0 Å². The van der Waals surface area contributed by atoms with Crippen molar-refractivity contribution in [3.05, 3.63) is 75.4 Å². The molecule has 0 saturated carbocycles. The number of carboxylic acids is 1. The summed E-state index contributed by atoms with van der Waals surface area (Å²) in [6, 6.07) is 7.72. The molecule has 0 bridgehead atoms. The van der Waals surface area contributed by atoms with E-state index in [4.69, 9.17) is 0 Å².